The molecule has 112 valence electrons. The Labute approximate surface area is 129 Å². The third kappa shape index (κ3) is 4.81. The summed E-state index contributed by atoms with van der Waals surface area (Å²) in [6.07, 6.45) is 0.0531. The molecule has 2 rings (SSSR count). The maximum absolute atomic E-state index is 13.6. The predicted molar refractivity (Wildman–Crippen MR) is 83.8 cm³/mol. The summed E-state index contributed by atoms with van der Waals surface area (Å²) >= 11 is 5.82. The van der Waals surface area contributed by atoms with Gasteiger partial charge in [-0.3, -0.25) is 0 Å². The zero-order chi connectivity index (χ0) is 15.2. The van der Waals surface area contributed by atoms with Crippen molar-refractivity contribution < 1.29 is 9.50 Å². The molecule has 0 fully saturated rings. The standard InChI is InChI=1S/C17H19ClFNO/c1-20(12-14-4-2-3-5-16(14)19)11-10-17(21)13-6-8-15(18)9-7-13/h2-9,17,21H,10-12H2,1H3. The average molecular weight is 308 g/mol. The van der Waals surface area contributed by atoms with Crippen LogP contribution in [0.5, 0.6) is 0 Å². The molecular weight excluding hydrogens is 289 g/mol. The summed E-state index contributed by atoms with van der Waals surface area (Å²) in [5.74, 6) is -0.192. The first-order chi connectivity index (χ1) is 10.1. The second kappa shape index (κ2) is 7.55. The van der Waals surface area contributed by atoms with Gasteiger partial charge in [-0.1, -0.05) is 41.9 Å². The van der Waals surface area contributed by atoms with Gasteiger partial charge in [0.25, 0.3) is 0 Å². The second-order valence-corrected chi connectivity index (χ2v) is 5.62. The fraction of sp³-hybridized carbons (Fsp3) is 0.294. The van der Waals surface area contributed by atoms with Gasteiger partial charge in [0.1, 0.15) is 5.82 Å². The fourth-order valence-electron chi connectivity index (χ4n) is 2.19. The molecular formula is C17H19ClFNO. The Kier molecular flexibility index (Phi) is 5.74. The molecule has 1 N–H and O–H groups in total. The van der Waals surface area contributed by atoms with Gasteiger partial charge in [0.15, 0.2) is 0 Å². The topological polar surface area (TPSA) is 23.5 Å². The first kappa shape index (κ1) is 16.0. The van der Waals surface area contributed by atoms with Gasteiger partial charge >= 0.3 is 0 Å². The van der Waals surface area contributed by atoms with Crippen molar-refractivity contribution in [2.45, 2.75) is 19.1 Å². The number of aliphatic hydroxyl groups is 1. The van der Waals surface area contributed by atoms with Crippen molar-refractivity contribution in [3.05, 3.63) is 70.5 Å². The van der Waals surface area contributed by atoms with Crippen LogP contribution in [-0.2, 0) is 6.54 Å². The Bertz CT molecular complexity index is 573. The molecule has 2 aromatic rings. The van der Waals surface area contributed by atoms with E-state index in [0.717, 1.165) is 5.56 Å². The molecule has 0 aromatic heterocycles. The summed E-state index contributed by atoms with van der Waals surface area (Å²) in [5, 5.41) is 10.8. The highest BCUT2D eigenvalue weighted by Gasteiger charge is 2.10. The third-order valence-electron chi connectivity index (χ3n) is 3.44. The molecule has 0 spiro atoms. The maximum atomic E-state index is 13.6. The highest BCUT2D eigenvalue weighted by Crippen LogP contribution is 2.19. The lowest BCUT2D eigenvalue weighted by Gasteiger charge is -2.19. The van der Waals surface area contributed by atoms with Crippen LogP contribution >= 0.6 is 11.6 Å². The summed E-state index contributed by atoms with van der Waals surface area (Å²) in [6, 6.07) is 13.9. The van der Waals surface area contributed by atoms with Crippen molar-refractivity contribution in [3.63, 3.8) is 0 Å². The number of benzene rings is 2. The van der Waals surface area contributed by atoms with Crippen LogP contribution in [0.1, 0.15) is 23.7 Å². The zero-order valence-electron chi connectivity index (χ0n) is 12.0. The van der Waals surface area contributed by atoms with Crippen LogP contribution in [0.25, 0.3) is 0 Å². The third-order valence-corrected chi connectivity index (χ3v) is 3.69. The average Bonchev–Trinajstić information content (AvgIpc) is 2.48. The summed E-state index contributed by atoms with van der Waals surface area (Å²) in [4.78, 5) is 2.00. The Morgan fingerprint density at radius 3 is 2.48 bits per heavy atom. The lowest BCUT2D eigenvalue weighted by atomic mass is 10.1. The molecule has 0 aliphatic rings. The lowest BCUT2D eigenvalue weighted by molar-refractivity contribution is 0.147. The van der Waals surface area contributed by atoms with E-state index in [9.17, 15) is 9.50 Å². The van der Waals surface area contributed by atoms with E-state index in [0.29, 0.717) is 30.1 Å². The highest BCUT2D eigenvalue weighted by molar-refractivity contribution is 6.30. The van der Waals surface area contributed by atoms with Crippen molar-refractivity contribution in [2.75, 3.05) is 13.6 Å². The lowest BCUT2D eigenvalue weighted by Crippen LogP contribution is -2.21. The van der Waals surface area contributed by atoms with E-state index in [1.165, 1.54) is 6.07 Å². The van der Waals surface area contributed by atoms with E-state index in [4.69, 9.17) is 11.6 Å². The molecule has 1 atom stereocenters. The summed E-state index contributed by atoms with van der Waals surface area (Å²) in [6.45, 7) is 1.21. The predicted octanol–water partition coefficient (Wildman–Crippen LogP) is 4.03. The van der Waals surface area contributed by atoms with Gasteiger partial charge in [0, 0.05) is 23.7 Å². The molecule has 0 bridgehead atoms. The first-order valence-corrected chi connectivity index (χ1v) is 7.29. The van der Waals surface area contributed by atoms with Crippen molar-refractivity contribution in [1.82, 2.24) is 4.90 Å². The Balaban J connectivity index is 1.85. The van der Waals surface area contributed by atoms with Crippen molar-refractivity contribution in [1.29, 1.82) is 0 Å². The minimum atomic E-state index is -0.537. The molecule has 1 unspecified atom stereocenters. The van der Waals surface area contributed by atoms with Gasteiger partial charge in [-0.05, 0) is 37.2 Å². The highest BCUT2D eigenvalue weighted by atomic mass is 35.5. The van der Waals surface area contributed by atoms with Crippen LogP contribution in [0, 0.1) is 5.82 Å². The number of rotatable bonds is 6. The van der Waals surface area contributed by atoms with Crippen LogP contribution in [0.4, 0.5) is 4.39 Å². The molecule has 0 aliphatic carbocycles. The van der Waals surface area contributed by atoms with Gasteiger partial charge in [0.05, 0.1) is 6.10 Å². The largest absolute Gasteiger partial charge is 0.388 e. The van der Waals surface area contributed by atoms with Crippen LogP contribution in [0.15, 0.2) is 48.5 Å². The molecule has 0 saturated carbocycles. The Morgan fingerprint density at radius 1 is 1.14 bits per heavy atom. The van der Waals surface area contributed by atoms with E-state index in [-0.39, 0.29) is 5.82 Å². The van der Waals surface area contributed by atoms with Gasteiger partial charge < -0.3 is 10.0 Å². The van der Waals surface area contributed by atoms with Gasteiger partial charge in [-0.15, -0.1) is 0 Å². The number of aliphatic hydroxyl groups excluding tert-OH is 1. The summed E-state index contributed by atoms with van der Waals surface area (Å²) in [5.41, 5.74) is 1.51. The fourth-order valence-corrected chi connectivity index (χ4v) is 2.32. The number of hydrogen-bond acceptors (Lipinski definition) is 2. The second-order valence-electron chi connectivity index (χ2n) is 5.19. The molecule has 0 radical (unpaired) electrons. The van der Waals surface area contributed by atoms with Crippen molar-refractivity contribution in [3.8, 4) is 0 Å². The van der Waals surface area contributed by atoms with E-state index in [2.05, 4.69) is 0 Å². The van der Waals surface area contributed by atoms with Gasteiger partial charge in [0.2, 0.25) is 0 Å². The van der Waals surface area contributed by atoms with Gasteiger partial charge in [-0.2, -0.15) is 0 Å². The SMILES string of the molecule is CN(CCC(O)c1ccc(Cl)cc1)Cc1ccccc1F. The number of halogens is 2. The summed E-state index contributed by atoms with van der Waals surface area (Å²) < 4.78 is 13.6. The minimum absolute atomic E-state index is 0.192. The van der Waals surface area contributed by atoms with E-state index < -0.39 is 6.10 Å². The summed E-state index contributed by atoms with van der Waals surface area (Å²) in [7, 11) is 1.92. The van der Waals surface area contributed by atoms with E-state index in [1.54, 1.807) is 24.3 Å². The quantitative estimate of drug-likeness (QED) is 0.871. The van der Waals surface area contributed by atoms with Crippen molar-refractivity contribution >= 4 is 11.6 Å². The van der Waals surface area contributed by atoms with Crippen LogP contribution in [0.2, 0.25) is 5.02 Å². The van der Waals surface area contributed by atoms with Crippen LogP contribution in [0.3, 0.4) is 0 Å². The zero-order valence-corrected chi connectivity index (χ0v) is 12.7. The molecule has 0 heterocycles. The maximum Gasteiger partial charge on any atom is 0.127 e. The van der Waals surface area contributed by atoms with E-state index in [1.807, 2.05) is 30.1 Å². The molecule has 4 heteroatoms. The normalized spacial score (nSPS) is 12.6. The molecule has 2 nitrogen and oxygen atoms in total. The Morgan fingerprint density at radius 2 is 1.81 bits per heavy atom. The van der Waals surface area contributed by atoms with Gasteiger partial charge in [-0.25, -0.2) is 4.39 Å². The van der Waals surface area contributed by atoms with Crippen molar-refractivity contribution in [2.24, 2.45) is 0 Å². The molecule has 2 aromatic carbocycles. The smallest absolute Gasteiger partial charge is 0.127 e. The molecule has 21 heavy (non-hydrogen) atoms. The molecule has 0 aliphatic heterocycles. The number of nitrogens with zero attached hydrogens (tertiary/aromatic N) is 1. The Hall–Kier alpha value is -1.42. The number of hydrogen-bond donors (Lipinski definition) is 1. The minimum Gasteiger partial charge on any atom is -0.388 e. The monoisotopic (exact) mass is 307 g/mol. The van der Waals surface area contributed by atoms with Crippen LogP contribution in [-0.4, -0.2) is 23.6 Å². The van der Waals surface area contributed by atoms with E-state index >= 15 is 0 Å². The van der Waals surface area contributed by atoms with Crippen LogP contribution < -0.4 is 0 Å². The molecule has 0 saturated heterocycles. The first-order valence-electron chi connectivity index (χ1n) is 6.92. The molecule has 0 amide bonds.